The lowest BCUT2D eigenvalue weighted by Gasteiger charge is -2.22. The van der Waals surface area contributed by atoms with Crippen molar-refractivity contribution in [2.45, 2.75) is 45.6 Å². The highest BCUT2D eigenvalue weighted by molar-refractivity contribution is 7.18. The summed E-state index contributed by atoms with van der Waals surface area (Å²) in [5.41, 5.74) is 5.96. The molecule has 116 valence electrons. The highest BCUT2D eigenvalue weighted by atomic mass is 32.1. The first kappa shape index (κ1) is 14.6. The number of hydrogen-bond acceptors (Lipinski definition) is 5. The van der Waals surface area contributed by atoms with E-state index in [-0.39, 0.29) is 11.9 Å². The largest absolute Gasteiger partial charge is 0.382 e. The van der Waals surface area contributed by atoms with Gasteiger partial charge in [-0.2, -0.15) is 0 Å². The van der Waals surface area contributed by atoms with E-state index in [4.69, 9.17) is 5.73 Å². The van der Waals surface area contributed by atoms with Gasteiger partial charge in [0.05, 0.1) is 0 Å². The summed E-state index contributed by atoms with van der Waals surface area (Å²) in [7, 11) is 0. The minimum atomic E-state index is 0.0700. The number of nitrogen functional groups attached to an aromatic ring is 1. The van der Waals surface area contributed by atoms with Gasteiger partial charge in [-0.05, 0) is 51.4 Å². The Bertz CT molecular complexity index is 506. The zero-order chi connectivity index (χ0) is 15.0. The fourth-order valence-corrected chi connectivity index (χ4v) is 3.40. The molecule has 0 aliphatic heterocycles. The van der Waals surface area contributed by atoms with Gasteiger partial charge in [0.15, 0.2) is 5.13 Å². The summed E-state index contributed by atoms with van der Waals surface area (Å²) in [6.07, 6.45) is 5.03. The zero-order valence-electron chi connectivity index (χ0n) is 12.8. The number of carbonyl (C=O) groups is 1. The van der Waals surface area contributed by atoms with E-state index >= 15 is 0 Å². The minimum Gasteiger partial charge on any atom is -0.382 e. The molecule has 3 rings (SSSR count). The van der Waals surface area contributed by atoms with Crippen LogP contribution in [0, 0.1) is 11.8 Å². The molecule has 0 bridgehead atoms. The molecule has 1 heterocycles. The Hall–Kier alpha value is -1.30. The second-order valence-corrected chi connectivity index (χ2v) is 7.63. The molecule has 0 spiro atoms. The number of rotatable bonds is 7. The lowest BCUT2D eigenvalue weighted by Crippen LogP contribution is -2.34. The highest BCUT2D eigenvalue weighted by Crippen LogP contribution is 2.35. The molecule has 0 atom stereocenters. The predicted octanol–water partition coefficient (Wildman–Crippen LogP) is 2.81. The first-order chi connectivity index (χ1) is 10.0. The highest BCUT2D eigenvalue weighted by Gasteiger charge is 2.33. The van der Waals surface area contributed by atoms with Crippen LogP contribution in [0.2, 0.25) is 0 Å². The molecule has 3 N–H and O–H groups in total. The average Bonchev–Trinajstić information content (AvgIpc) is 3.30. The molecule has 0 radical (unpaired) electrons. The van der Waals surface area contributed by atoms with Crippen molar-refractivity contribution in [2.24, 2.45) is 11.8 Å². The molecule has 0 unspecified atom stereocenters. The smallest absolute Gasteiger partial charge is 0.267 e. The normalized spacial score (nSPS) is 18.0. The second-order valence-electron chi connectivity index (χ2n) is 6.63. The van der Waals surface area contributed by atoms with Crippen LogP contribution in [0.5, 0.6) is 0 Å². The molecule has 0 saturated heterocycles. The van der Waals surface area contributed by atoms with Gasteiger partial charge in [-0.25, -0.2) is 4.98 Å². The van der Waals surface area contributed by atoms with Crippen molar-refractivity contribution in [3.8, 4) is 0 Å². The van der Waals surface area contributed by atoms with Gasteiger partial charge in [-0.1, -0.05) is 11.3 Å². The molecule has 21 heavy (non-hydrogen) atoms. The maximum atomic E-state index is 12.8. The summed E-state index contributed by atoms with van der Waals surface area (Å²) < 4.78 is 0. The Morgan fingerprint density at radius 2 is 1.90 bits per heavy atom. The Kier molecular flexibility index (Phi) is 4.06. The number of amides is 1. The van der Waals surface area contributed by atoms with Crippen molar-refractivity contribution in [3.05, 3.63) is 4.88 Å². The maximum absolute atomic E-state index is 12.8. The third-order valence-electron chi connectivity index (χ3n) is 3.90. The van der Waals surface area contributed by atoms with Crippen LogP contribution in [-0.4, -0.2) is 34.9 Å². The van der Waals surface area contributed by atoms with Crippen molar-refractivity contribution in [3.63, 3.8) is 0 Å². The van der Waals surface area contributed by atoms with Gasteiger partial charge in [0.25, 0.3) is 5.91 Å². The lowest BCUT2D eigenvalue weighted by atomic mass is 10.3. The van der Waals surface area contributed by atoms with Crippen molar-refractivity contribution in [2.75, 3.05) is 24.1 Å². The standard InChI is InChI=1S/C15H24N4OS/c1-9(2)17-15-18-13(16)12(21-15)14(20)19(7-10-3-4-10)8-11-5-6-11/h9-11H,3-8,16H2,1-2H3,(H,17,18). The van der Waals surface area contributed by atoms with Crippen LogP contribution in [0.15, 0.2) is 0 Å². The summed E-state index contributed by atoms with van der Waals surface area (Å²) in [6, 6.07) is 0.285. The molecule has 6 heteroatoms. The molecule has 2 saturated carbocycles. The van der Waals surface area contributed by atoms with E-state index in [9.17, 15) is 4.79 Å². The zero-order valence-corrected chi connectivity index (χ0v) is 13.6. The van der Waals surface area contributed by atoms with Gasteiger partial charge in [-0.15, -0.1) is 0 Å². The quantitative estimate of drug-likeness (QED) is 0.812. The Balaban J connectivity index is 1.72. The van der Waals surface area contributed by atoms with Crippen LogP contribution in [-0.2, 0) is 0 Å². The summed E-state index contributed by atoms with van der Waals surface area (Å²) in [4.78, 5) is 19.7. The predicted molar refractivity (Wildman–Crippen MR) is 86.6 cm³/mol. The summed E-state index contributed by atoms with van der Waals surface area (Å²) in [6.45, 7) is 5.87. The van der Waals surface area contributed by atoms with E-state index in [2.05, 4.69) is 10.3 Å². The summed E-state index contributed by atoms with van der Waals surface area (Å²) >= 11 is 1.38. The second kappa shape index (κ2) is 5.83. The molecule has 1 aromatic heterocycles. The monoisotopic (exact) mass is 308 g/mol. The Morgan fingerprint density at radius 1 is 1.33 bits per heavy atom. The number of nitrogens with one attached hydrogen (secondary N) is 1. The van der Waals surface area contributed by atoms with Crippen molar-refractivity contribution in [1.29, 1.82) is 0 Å². The number of carbonyl (C=O) groups excluding carboxylic acids is 1. The Labute approximate surface area is 129 Å². The maximum Gasteiger partial charge on any atom is 0.267 e. The van der Waals surface area contributed by atoms with Crippen LogP contribution in [0.4, 0.5) is 10.9 Å². The van der Waals surface area contributed by atoms with Gasteiger partial charge < -0.3 is 16.0 Å². The van der Waals surface area contributed by atoms with Crippen LogP contribution in [0.25, 0.3) is 0 Å². The molecule has 2 aliphatic rings. The number of nitrogens with two attached hydrogens (primary N) is 1. The first-order valence-corrected chi connectivity index (χ1v) is 8.66. The number of aromatic nitrogens is 1. The van der Waals surface area contributed by atoms with E-state index in [1.807, 2.05) is 18.7 Å². The van der Waals surface area contributed by atoms with E-state index in [1.54, 1.807) is 0 Å². The fraction of sp³-hybridized carbons (Fsp3) is 0.733. The molecule has 2 aliphatic carbocycles. The average molecular weight is 308 g/mol. The summed E-state index contributed by atoms with van der Waals surface area (Å²) in [5, 5.41) is 3.96. The molecule has 2 fully saturated rings. The molecular weight excluding hydrogens is 284 g/mol. The van der Waals surface area contributed by atoms with E-state index in [1.165, 1.54) is 37.0 Å². The van der Waals surface area contributed by atoms with E-state index < -0.39 is 0 Å². The van der Waals surface area contributed by atoms with Crippen LogP contribution in [0.1, 0.15) is 49.2 Å². The Morgan fingerprint density at radius 3 is 2.38 bits per heavy atom. The number of hydrogen-bond donors (Lipinski definition) is 2. The molecular formula is C15H24N4OS. The number of thiazole rings is 1. The van der Waals surface area contributed by atoms with Crippen LogP contribution >= 0.6 is 11.3 Å². The topological polar surface area (TPSA) is 71.2 Å². The van der Waals surface area contributed by atoms with Crippen LogP contribution in [0.3, 0.4) is 0 Å². The first-order valence-electron chi connectivity index (χ1n) is 7.85. The van der Waals surface area contributed by atoms with Gasteiger partial charge >= 0.3 is 0 Å². The van der Waals surface area contributed by atoms with Gasteiger partial charge in [0.2, 0.25) is 0 Å². The number of nitrogens with zero attached hydrogens (tertiary/aromatic N) is 2. The molecule has 1 amide bonds. The molecule has 1 aromatic rings. The van der Waals surface area contributed by atoms with Crippen LogP contribution < -0.4 is 11.1 Å². The van der Waals surface area contributed by atoms with E-state index in [0.29, 0.717) is 22.5 Å². The van der Waals surface area contributed by atoms with Gasteiger partial charge in [0.1, 0.15) is 10.7 Å². The third-order valence-corrected chi connectivity index (χ3v) is 4.89. The van der Waals surface area contributed by atoms with Crippen molar-refractivity contribution in [1.82, 2.24) is 9.88 Å². The summed E-state index contributed by atoms with van der Waals surface area (Å²) in [5.74, 6) is 1.84. The fourth-order valence-electron chi connectivity index (χ4n) is 2.40. The van der Waals surface area contributed by atoms with E-state index in [0.717, 1.165) is 18.2 Å². The molecule has 5 nitrogen and oxygen atoms in total. The van der Waals surface area contributed by atoms with Crippen molar-refractivity contribution < 1.29 is 4.79 Å². The van der Waals surface area contributed by atoms with Gasteiger partial charge in [0, 0.05) is 19.1 Å². The SMILES string of the molecule is CC(C)Nc1nc(N)c(C(=O)N(CC2CC2)CC2CC2)s1. The number of anilines is 2. The van der Waals surface area contributed by atoms with Gasteiger partial charge in [-0.3, -0.25) is 4.79 Å². The lowest BCUT2D eigenvalue weighted by molar-refractivity contribution is 0.0745. The minimum absolute atomic E-state index is 0.0700. The molecule has 0 aromatic carbocycles. The van der Waals surface area contributed by atoms with Crippen molar-refractivity contribution >= 4 is 28.2 Å². The third kappa shape index (κ3) is 3.87.